The largest absolute Gasteiger partial charge is 0.368 e. The molecule has 0 spiro atoms. The number of anilines is 1. The van der Waals surface area contributed by atoms with E-state index in [4.69, 9.17) is 17.3 Å². The summed E-state index contributed by atoms with van der Waals surface area (Å²) in [4.78, 5) is 5.00. The van der Waals surface area contributed by atoms with Gasteiger partial charge in [-0.1, -0.05) is 30.7 Å². The van der Waals surface area contributed by atoms with E-state index in [1.165, 1.54) is 12.8 Å². The molecule has 2 aliphatic rings. The Bertz CT molecular complexity index is 507. The second-order valence-corrected chi connectivity index (χ2v) is 7.37. The minimum atomic E-state index is 0.138. The zero-order chi connectivity index (χ0) is 15.1. The second kappa shape index (κ2) is 5.45. The molecule has 0 radical (unpaired) electrons. The van der Waals surface area contributed by atoms with E-state index in [0.717, 1.165) is 43.4 Å². The van der Waals surface area contributed by atoms with Crippen molar-refractivity contribution >= 4 is 17.3 Å². The highest BCUT2D eigenvalue weighted by molar-refractivity contribution is 6.33. The Morgan fingerprint density at radius 1 is 1.19 bits per heavy atom. The summed E-state index contributed by atoms with van der Waals surface area (Å²) in [7, 11) is 0. The van der Waals surface area contributed by atoms with Crippen molar-refractivity contribution in [2.75, 3.05) is 37.6 Å². The zero-order valence-corrected chi connectivity index (χ0v) is 13.9. The molecular formula is C17H26ClN3. The maximum absolute atomic E-state index is 6.32. The van der Waals surface area contributed by atoms with Crippen molar-refractivity contribution in [3.63, 3.8) is 0 Å². The number of rotatable bonds is 4. The van der Waals surface area contributed by atoms with Crippen LogP contribution in [0.25, 0.3) is 0 Å². The van der Waals surface area contributed by atoms with Crippen LogP contribution in [-0.4, -0.2) is 43.2 Å². The zero-order valence-electron chi connectivity index (χ0n) is 13.1. The first kappa shape index (κ1) is 15.1. The summed E-state index contributed by atoms with van der Waals surface area (Å²) in [6, 6.07) is 8.13. The van der Waals surface area contributed by atoms with Crippen molar-refractivity contribution in [3.05, 3.63) is 29.3 Å². The standard InChI is InChI=1S/C17H26ClN3/c1-16(7-8-16)17(2,13-19)21-11-9-20(10-12-21)15-6-4-3-5-14(15)18/h3-6H,7-13,19H2,1-2H3. The smallest absolute Gasteiger partial charge is 0.0639 e. The summed E-state index contributed by atoms with van der Waals surface area (Å²) in [5.74, 6) is 0. The monoisotopic (exact) mass is 307 g/mol. The molecule has 1 aromatic rings. The fraction of sp³-hybridized carbons (Fsp3) is 0.647. The van der Waals surface area contributed by atoms with Crippen molar-refractivity contribution in [1.29, 1.82) is 0 Å². The van der Waals surface area contributed by atoms with Gasteiger partial charge in [0.05, 0.1) is 10.7 Å². The van der Waals surface area contributed by atoms with Crippen LogP contribution < -0.4 is 10.6 Å². The van der Waals surface area contributed by atoms with Crippen LogP contribution in [0, 0.1) is 5.41 Å². The molecule has 1 saturated carbocycles. The van der Waals surface area contributed by atoms with Gasteiger partial charge in [-0.25, -0.2) is 0 Å². The van der Waals surface area contributed by atoms with E-state index in [-0.39, 0.29) is 5.54 Å². The number of halogens is 1. The van der Waals surface area contributed by atoms with Crippen molar-refractivity contribution in [3.8, 4) is 0 Å². The second-order valence-electron chi connectivity index (χ2n) is 6.96. The van der Waals surface area contributed by atoms with Gasteiger partial charge in [-0.3, -0.25) is 4.90 Å². The first-order chi connectivity index (χ1) is 10.00. The van der Waals surface area contributed by atoms with Gasteiger partial charge >= 0.3 is 0 Å². The van der Waals surface area contributed by atoms with Gasteiger partial charge in [-0.05, 0) is 37.3 Å². The Balaban J connectivity index is 1.69. The van der Waals surface area contributed by atoms with E-state index in [2.05, 4.69) is 35.8 Å². The first-order valence-corrected chi connectivity index (χ1v) is 8.33. The van der Waals surface area contributed by atoms with Gasteiger partial charge in [-0.2, -0.15) is 0 Å². The molecule has 3 nitrogen and oxygen atoms in total. The number of para-hydroxylation sites is 1. The topological polar surface area (TPSA) is 32.5 Å². The highest BCUT2D eigenvalue weighted by atomic mass is 35.5. The Kier molecular flexibility index (Phi) is 3.93. The lowest BCUT2D eigenvalue weighted by Gasteiger charge is -2.49. The van der Waals surface area contributed by atoms with Gasteiger partial charge < -0.3 is 10.6 Å². The van der Waals surface area contributed by atoms with E-state index in [1.807, 2.05) is 12.1 Å². The molecule has 1 atom stereocenters. The third-order valence-corrected chi connectivity index (χ3v) is 6.19. The predicted molar refractivity (Wildman–Crippen MR) is 90.0 cm³/mol. The number of hydrogen-bond donors (Lipinski definition) is 1. The van der Waals surface area contributed by atoms with Crippen LogP contribution >= 0.6 is 11.6 Å². The van der Waals surface area contributed by atoms with E-state index in [0.29, 0.717) is 5.41 Å². The highest BCUT2D eigenvalue weighted by Gasteiger charge is 2.55. The van der Waals surface area contributed by atoms with Gasteiger partial charge in [-0.15, -0.1) is 0 Å². The molecule has 0 amide bonds. The average molecular weight is 308 g/mol. The fourth-order valence-corrected chi connectivity index (χ4v) is 3.89. The molecule has 1 aromatic carbocycles. The maximum Gasteiger partial charge on any atom is 0.0639 e. The summed E-state index contributed by atoms with van der Waals surface area (Å²) in [5, 5.41) is 0.849. The summed E-state index contributed by atoms with van der Waals surface area (Å²) in [6.07, 6.45) is 2.62. The predicted octanol–water partition coefficient (Wildman–Crippen LogP) is 2.98. The molecule has 0 aromatic heterocycles. The van der Waals surface area contributed by atoms with Crippen LogP contribution in [0.3, 0.4) is 0 Å². The summed E-state index contributed by atoms with van der Waals surface area (Å²) >= 11 is 6.32. The maximum atomic E-state index is 6.32. The normalized spacial score (nSPS) is 24.7. The lowest BCUT2D eigenvalue weighted by Crippen LogP contribution is -2.62. The molecule has 2 fully saturated rings. The van der Waals surface area contributed by atoms with Gasteiger partial charge in [0.25, 0.3) is 0 Å². The van der Waals surface area contributed by atoms with Gasteiger partial charge in [0.1, 0.15) is 0 Å². The Hall–Kier alpha value is -0.770. The van der Waals surface area contributed by atoms with Crippen LogP contribution in [-0.2, 0) is 0 Å². The lowest BCUT2D eigenvalue weighted by atomic mass is 9.81. The van der Waals surface area contributed by atoms with Crippen LogP contribution in [0.1, 0.15) is 26.7 Å². The van der Waals surface area contributed by atoms with Gasteiger partial charge in [0.15, 0.2) is 0 Å². The van der Waals surface area contributed by atoms with Crippen molar-refractivity contribution < 1.29 is 0 Å². The van der Waals surface area contributed by atoms with E-state index in [1.54, 1.807) is 0 Å². The Labute approximate surface area is 133 Å². The molecule has 0 bridgehead atoms. The quantitative estimate of drug-likeness (QED) is 0.928. The Morgan fingerprint density at radius 3 is 2.33 bits per heavy atom. The average Bonchev–Trinajstić information content (AvgIpc) is 3.26. The minimum Gasteiger partial charge on any atom is -0.368 e. The van der Waals surface area contributed by atoms with Crippen LogP contribution in [0.4, 0.5) is 5.69 Å². The fourth-order valence-electron chi connectivity index (χ4n) is 3.63. The van der Waals surface area contributed by atoms with Gasteiger partial charge in [0, 0.05) is 38.3 Å². The summed E-state index contributed by atoms with van der Waals surface area (Å²) < 4.78 is 0. The molecule has 1 aliphatic heterocycles. The number of piperazine rings is 1. The summed E-state index contributed by atoms with van der Waals surface area (Å²) in [5.41, 5.74) is 7.87. The lowest BCUT2D eigenvalue weighted by molar-refractivity contribution is 0.0425. The molecule has 1 saturated heterocycles. The van der Waals surface area contributed by atoms with E-state index >= 15 is 0 Å². The third kappa shape index (κ3) is 2.56. The highest BCUT2D eigenvalue weighted by Crippen LogP contribution is 2.55. The number of hydrogen-bond acceptors (Lipinski definition) is 3. The number of benzene rings is 1. The minimum absolute atomic E-state index is 0.138. The number of nitrogens with two attached hydrogens (primary N) is 1. The van der Waals surface area contributed by atoms with Gasteiger partial charge in [0.2, 0.25) is 0 Å². The molecule has 1 unspecified atom stereocenters. The van der Waals surface area contributed by atoms with Crippen molar-refractivity contribution in [1.82, 2.24) is 4.90 Å². The molecule has 116 valence electrons. The van der Waals surface area contributed by atoms with E-state index in [9.17, 15) is 0 Å². The van der Waals surface area contributed by atoms with Crippen LogP contribution in [0.15, 0.2) is 24.3 Å². The molecular weight excluding hydrogens is 282 g/mol. The molecule has 4 heteroatoms. The molecule has 2 N–H and O–H groups in total. The van der Waals surface area contributed by atoms with Crippen LogP contribution in [0.2, 0.25) is 5.02 Å². The SMILES string of the molecule is CC1(C(C)(CN)N2CCN(c3ccccc3Cl)CC2)CC1. The number of nitrogens with zero attached hydrogens (tertiary/aromatic N) is 2. The van der Waals surface area contributed by atoms with E-state index < -0.39 is 0 Å². The van der Waals surface area contributed by atoms with Crippen molar-refractivity contribution in [2.24, 2.45) is 11.1 Å². The summed E-state index contributed by atoms with van der Waals surface area (Å²) in [6.45, 7) is 9.66. The van der Waals surface area contributed by atoms with Crippen LogP contribution in [0.5, 0.6) is 0 Å². The Morgan fingerprint density at radius 2 is 1.81 bits per heavy atom. The third-order valence-electron chi connectivity index (χ3n) is 5.87. The molecule has 1 heterocycles. The first-order valence-electron chi connectivity index (χ1n) is 7.95. The molecule has 3 rings (SSSR count). The van der Waals surface area contributed by atoms with Crippen molar-refractivity contribution in [2.45, 2.75) is 32.2 Å². The molecule has 1 aliphatic carbocycles. The molecule has 21 heavy (non-hydrogen) atoms.